The van der Waals surface area contributed by atoms with Crippen LogP contribution in [0.15, 0.2) is 5.38 Å². The summed E-state index contributed by atoms with van der Waals surface area (Å²) in [4.78, 5) is 30.6. The van der Waals surface area contributed by atoms with Gasteiger partial charge in [-0.05, 0) is 19.8 Å². The molecule has 0 aromatic carbocycles. The second kappa shape index (κ2) is 4.93. The highest BCUT2D eigenvalue weighted by Gasteiger charge is 2.52. The van der Waals surface area contributed by atoms with Gasteiger partial charge in [0.15, 0.2) is 5.13 Å². The first-order chi connectivity index (χ1) is 9.53. The number of aromatic nitrogens is 1. The Bertz CT molecular complexity index is 546. The molecule has 1 spiro atoms. The van der Waals surface area contributed by atoms with Gasteiger partial charge in [-0.3, -0.25) is 9.59 Å². The maximum atomic E-state index is 12.7. The van der Waals surface area contributed by atoms with Gasteiger partial charge in [-0.2, -0.15) is 0 Å². The first kappa shape index (κ1) is 13.7. The van der Waals surface area contributed by atoms with E-state index in [1.807, 2.05) is 12.3 Å². The average molecular weight is 293 g/mol. The first-order valence-corrected chi connectivity index (χ1v) is 8.00. The van der Waals surface area contributed by atoms with E-state index in [4.69, 9.17) is 5.73 Å². The van der Waals surface area contributed by atoms with Crippen LogP contribution < -0.4 is 10.6 Å². The van der Waals surface area contributed by atoms with Gasteiger partial charge in [0.1, 0.15) is 0 Å². The summed E-state index contributed by atoms with van der Waals surface area (Å²) in [6.07, 6.45) is 5.25. The smallest absolute Gasteiger partial charge is 0.242 e. The van der Waals surface area contributed by atoms with Crippen LogP contribution in [0.1, 0.15) is 57.2 Å². The van der Waals surface area contributed by atoms with Crippen LogP contribution in [-0.2, 0) is 9.59 Å². The summed E-state index contributed by atoms with van der Waals surface area (Å²) in [6, 6.07) is -0.184. The lowest BCUT2D eigenvalue weighted by Crippen LogP contribution is -2.37. The Balaban J connectivity index is 1.89. The Hall–Kier alpha value is -1.27. The Kier molecular flexibility index (Phi) is 3.38. The third kappa shape index (κ3) is 2.07. The molecule has 1 atom stereocenters. The first-order valence-electron chi connectivity index (χ1n) is 7.12. The average Bonchev–Trinajstić information content (AvgIpc) is 2.96. The van der Waals surface area contributed by atoms with Crippen LogP contribution in [0.3, 0.4) is 0 Å². The van der Waals surface area contributed by atoms with Crippen molar-refractivity contribution in [1.82, 2.24) is 4.98 Å². The molecule has 3 rings (SSSR count). The highest BCUT2D eigenvalue weighted by molar-refractivity contribution is 7.14. The zero-order valence-electron chi connectivity index (χ0n) is 11.6. The summed E-state index contributed by atoms with van der Waals surface area (Å²) in [7, 11) is 0. The number of nitrogens with zero attached hydrogens (tertiary/aromatic N) is 2. The van der Waals surface area contributed by atoms with Gasteiger partial charge in [0.05, 0.1) is 11.1 Å². The number of imide groups is 1. The zero-order valence-corrected chi connectivity index (χ0v) is 12.4. The van der Waals surface area contributed by atoms with Crippen molar-refractivity contribution in [3.05, 3.63) is 11.1 Å². The third-order valence-electron chi connectivity index (χ3n) is 4.37. The molecule has 2 heterocycles. The summed E-state index contributed by atoms with van der Waals surface area (Å²) < 4.78 is 0. The van der Waals surface area contributed by atoms with Gasteiger partial charge >= 0.3 is 0 Å². The molecule has 1 saturated carbocycles. The fraction of sp³-hybridized carbons (Fsp3) is 0.643. The highest BCUT2D eigenvalue weighted by atomic mass is 32.1. The molecule has 1 unspecified atom stereocenters. The van der Waals surface area contributed by atoms with E-state index in [0.717, 1.165) is 37.8 Å². The van der Waals surface area contributed by atoms with E-state index < -0.39 is 5.41 Å². The lowest BCUT2D eigenvalue weighted by molar-refractivity contribution is -0.127. The molecule has 2 fully saturated rings. The van der Waals surface area contributed by atoms with Gasteiger partial charge < -0.3 is 5.73 Å². The van der Waals surface area contributed by atoms with E-state index >= 15 is 0 Å². The molecule has 2 amide bonds. The predicted molar refractivity (Wildman–Crippen MR) is 77.3 cm³/mol. The zero-order chi connectivity index (χ0) is 14.3. The van der Waals surface area contributed by atoms with Gasteiger partial charge in [-0.1, -0.05) is 19.3 Å². The van der Waals surface area contributed by atoms with Crippen LogP contribution in [0.5, 0.6) is 0 Å². The molecule has 1 saturated heterocycles. The standard InChI is InChI=1S/C14H19N3O2S/c1-9(15)10-8-20-13(16-10)17-11(18)7-14(12(17)19)5-3-2-4-6-14/h8-9H,2-7,15H2,1H3. The van der Waals surface area contributed by atoms with E-state index in [1.54, 1.807) is 0 Å². The van der Waals surface area contributed by atoms with Crippen molar-refractivity contribution in [2.45, 2.75) is 51.5 Å². The molecule has 108 valence electrons. The molecule has 20 heavy (non-hydrogen) atoms. The Morgan fingerprint density at radius 3 is 2.65 bits per heavy atom. The minimum absolute atomic E-state index is 0.0484. The summed E-state index contributed by atoms with van der Waals surface area (Å²) in [6.45, 7) is 1.84. The van der Waals surface area contributed by atoms with Gasteiger partial charge in [0.25, 0.3) is 0 Å². The molecular formula is C14H19N3O2S. The van der Waals surface area contributed by atoms with Crippen molar-refractivity contribution in [2.24, 2.45) is 11.1 Å². The Morgan fingerprint density at radius 1 is 1.35 bits per heavy atom. The van der Waals surface area contributed by atoms with Gasteiger partial charge in [0.2, 0.25) is 11.8 Å². The number of hydrogen-bond donors (Lipinski definition) is 1. The van der Waals surface area contributed by atoms with Crippen LogP contribution in [0.25, 0.3) is 0 Å². The molecule has 6 heteroatoms. The van der Waals surface area contributed by atoms with E-state index in [-0.39, 0.29) is 17.9 Å². The van der Waals surface area contributed by atoms with Crippen molar-refractivity contribution in [1.29, 1.82) is 0 Å². The van der Waals surface area contributed by atoms with Gasteiger partial charge in [-0.25, -0.2) is 9.88 Å². The normalized spacial score (nSPS) is 23.6. The third-order valence-corrected chi connectivity index (χ3v) is 5.22. The fourth-order valence-corrected chi connectivity index (χ4v) is 4.14. The summed E-state index contributed by atoms with van der Waals surface area (Å²) in [5.41, 5.74) is 6.07. The molecule has 2 N–H and O–H groups in total. The number of hydrogen-bond acceptors (Lipinski definition) is 5. The van der Waals surface area contributed by atoms with Crippen molar-refractivity contribution in [3.8, 4) is 0 Å². The van der Waals surface area contributed by atoms with Crippen LogP contribution in [-0.4, -0.2) is 16.8 Å². The maximum Gasteiger partial charge on any atom is 0.242 e. The van der Waals surface area contributed by atoms with Crippen molar-refractivity contribution in [2.75, 3.05) is 4.90 Å². The second-order valence-corrected chi connectivity index (χ2v) is 6.73. The minimum atomic E-state index is -0.449. The van der Waals surface area contributed by atoms with Crippen molar-refractivity contribution >= 4 is 28.3 Å². The molecule has 5 nitrogen and oxygen atoms in total. The maximum absolute atomic E-state index is 12.7. The highest BCUT2D eigenvalue weighted by Crippen LogP contribution is 2.46. The number of carbonyl (C=O) groups excluding carboxylic acids is 2. The van der Waals surface area contributed by atoms with E-state index in [1.165, 1.54) is 16.2 Å². The van der Waals surface area contributed by atoms with Crippen LogP contribution in [0.2, 0.25) is 0 Å². The Labute approximate surface area is 122 Å². The monoisotopic (exact) mass is 293 g/mol. The molecule has 1 aromatic heterocycles. The second-order valence-electron chi connectivity index (χ2n) is 5.90. The predicted octanol–water partition coefficient (Wildman–Crippen LogP) is 2.38. The number of carbonyl (C=O) groups is 2. The Morgan fingerprint density at radius 2 is 2.05 bits per heavy atom. The van der Waals surface area contributed by atoms with Gasteiger partial charge in [0, 0.05) is 17.8 Å². The lowest BCUT2D eigenvalue weighted by Gasteiger charge is -2.30. The molecule has 0 radical (unpaired) electrons. The number of anilines is 1. The number of nitrogens with two attached hydrogens (primary N) is 1. The fourth-order valence-electron chi connectivity index (χ4n) is 3.20. The summed E-state index contributed by atoms with van der Waals surface area (Å²) >= 11 is 1.32. The van der Waals surface area contributed by atoms with Crippen LogP contribution in [0.4, 0.5) is 5.13 Å². The van der Waals surface area contributed by atoms with E-state index in [2.05, 4.69) is 4.98 Å². The number of thiazole rings is 1. The largest absolute Gasteiger partial charge is 0.323 e. The minimum Gasteiger partial charge on any atom is -0.323 e. The molecule has 0 bridgehead atoms. The van der Waals surface area contributed by atoms with Crippen molar-refractivity contribution in [3.63, 3.8) is 0 Å². The summed E-state index contributed by atoms with van der Waals surface area (Å²) in [5.74, 6) is -0.157. The molecular weight excluding hydrogens is 274 g/mol. The van der Waals surface area contributed by atoms with E-state index in [0.29, 0.717) is 11.6 Å². The number of rotatable bonds is 2. The molecule has 1 aliphatic heterocycles. The topological polar surface area (TPSA) is 76.3 Å². The van der Waals surface area contributed by atoms with Crippen molar-refractivity contribution < 1.29 is 9.59 Å². The van der Waals surface area contributed by atoms with Crippen LogP contribution in [0, 0.1) is 5.41 Å². The molecule has 2 aliphatic rings. The summed E-state index contributed by atoms with van der Waals surface area (Å²) in [5, 5.41) is 2.31. The number of amides is 2. The SMILES string of the molecule is CC(N)c1csc(N2C(=O)CC3(CCCCC3)C2=O)n1. The lowest BCUT2D eigenvalue weighted by atomic mass is 9.73. The molecule has 1 aliphatic carbocycles. The van der Waals surface area contributed by atoms with Gasteiger partial charge in [-0.15, -0.1) is 11.3 Å². The molecule has 1 aromatic rings. The van der Waals surface area contributed by atoms with Crippen LogP contribution >= 0.6 is 11.3 Å². The quantitative estimate of drug-likeness (QED) is 0.849. The van der Waals surface area contributed by atoms with E-state index in [9.17, 15) is 9.59 Å².